The van der Waals surface area contributed by atoms with Crippen LogP contribution in [-0.2, 0) is 16.1 Å². The van der Waals surface area contributed by atoms with Crippen molar-refractivity contribution in [3.63, 3.8) is 0 Å². The van der Waals surface area contributed by atoms with Gasteiger partial charge in [-0.2, -0.15) is 0 Å². The molecule has 9 heteroatoms. The van der Waals surface area contributed by atoms with E-state index in [4.69, 9.17) is 10.5 Å². The molecule has 0 aliphatic carbocycles. The molecule has 0 radical (unpaired) electrons. The molecule has 3 N–H and O–H groups in total. The number of anilines is 1. The summed E-state index contributed by atoms with van der Waals surface area (Å²) >= 11 is 0. The van der Waals surface area contributed by atoms with Crippen molar-refractivity contribution in [2.45, 2.75) is 26.5 Å². The highest BCUT2D eigenvalue weighted by Gasteiger charge is 2.20. The minimum Gasteiger partial charge on any atom is -0.449 e. The average molecular weight is 381 g/mol. The number of hydrogen-bond acceptors (Lipinski definition) is 6. The van der Waals surface area contributed by atoms with Crippen molar-refractivity contribution in [2.24, 2.45) is 5.73 Å². The van der Waals surface area contributed by atoms with Crippen molar-refractivity contribution in [3.8, 4) is 0 Å². The molecule has 3 aromatic rings. The van der Waals surface area contributed by atoms with Crippen LogP contribution in [0, 0.1) is 0 Å². The summed E-state index contributed by atoms with van der Waals surface area (Å²) < 4.78 is 6.95. The predicted molar refractivity (Wildman–Crippen MR) is 102 cm³/mol. The lowest BCUT2D eigenvalue weighted by Gasteiger charge is -2.13. The summed E-state index contributed by atoms with van der Waals surface area (Å²) in [5, 5.41) is 10.6. The van der Waals surface area contributed by atoms with E-state index in [9.17, 15) is 14.4 Å². The second kappa shape index (κ2) is 7.87. The van der Waals surface area contributed by atoms with Gasteiger partial charge in [-0.25, -0.2) is 9.48 Å². The van der Waals surface area contributed by atoms with Crippen molar-refractivity contribution in [2.75, 3.05) is 5.32 Å². The Morgan fingerprint density at radius 3 is 2.46 bits per heavy atom. The summed E-state index contributed by atoms with van der Waals surface area (Å²) in [4.78, 5) is 35.7. The number of rotatable bonds is 6. The highest BCUT2D eigenvalue weighted by molar-refractivity contribution is 5.99. The number of nitrogens with zero attached hydrogens (tertiary/aromatic N) is 3. The number of amides is 2. The molecule has 0 fully saturated rings. The van der Waals surface area contributed by atoms with E-state index in [2.05, 4.69) is 15.6 Å². The Balaban J connectivity index is 1.64. The van der Waals surface area contributed by atoms with Gasteiger partial charge in [-0.15, -0.1) is 5.10 Å². The standard InChI is InChI=1S/C19H19N5O4/c1-3-24-16-9-6-13(10-15(16)22-23-24)19(27)28-11(2)18(26)21-14-7-4-12(5-8-14)17(20)25/h4-11H,3H2,1-2H3,(H2,20,25)(H,21,26). The van der Waals surface area contributed by atoms with Crippen molar-refractivity contribution >= 4 is 34.5 Å². The molecule has 0 bridgehead atoms. The largest absolute Gasteiger partial charge is 0.449 e. The number of carbonyl (C=O) groups excluding carboxylic acids is 3. The first-order chi connectivity index (χ1) is 13.4. The maximum absolute atomic E-state index is 12.3. The number of carbonyl (C=O) groups is 3. The molecular weight excluding hydrogens is 362 g/mol. The van der Waals surface area contributed by atoms with Crippen LogP contribution in [0.5, 0.6) is 0 Å². The molecule has 0 spiro atoms. The van der Waals surface area contributed by atoms with E-state index in [1.807, 2.05) is 6.92 Å². The summed E-state index contributed by atoms with van der Waals surface area (Å²) in [6.45, 7) is 4.08. The fourth-order valence-corrected chi connectivity index (χ4v) is 2.58. The number of benzene rings is 2. The SMILES string of the molecule is CCn1nnc2cc(C(=O)OC(C)C(=O)Nc3ccc(C(N)=O)cc3)ccc21. The first-order valence-electron chi connectivity index (χ1n) is 8.64. The molecule has 2 amide bonds. The van der Waals surface area contributed by atoms with Crippen LogP contribution in [0.1, 0.15) is 34.6 Å². The molecule has 0 aliphatic heterocycles. The highest BCUT2D eigenvalue weighted by atomic mass is 16.5. The number of ether oxygens (including phenoxy) is 1. The molecule has 1 aromatic heterocycles. The third kappa shape index (κ3) is 3.98. The van der Waals surface area contributed by atoms with E-state index in [0.29, 0.717) is 23.3 Å². The van der Waals surface area contributed by atoms with Gasteiger partial charge in [0.15, 0.2) is 6.10 Å². The number of aryl methyl sites for hydroxylation is 1. The Hall–Kier alpha value is -3.75. The van der Waals surface area contributed by atoms with Crippen molar-refractivity contribution in [1.82, 2.24) is 15.0 Å². The lowest BCUT2D eigenvalue weighted by molar-refractivity contribution is -0.123. The zero-order valence-electron chi connectivity index (χ0n) is 15.4. The second-order valence-electron chi connectivity index (χ2n) is 6.09. The van der Waals surface area contributed by atoms with E-state index in [1.54, 1.807) is 22.9 Å². The van der Waals surface area contributed by atoms with Gasteiger partial charge in [-0.05, 0) is 56.3 Å². The minimum absolute atomic E-state index is 0.279. The van der Waals surface area contributed by atoms with E-state index in [1.165, 1.54) is 31.2 Å². The maximum Gasteiger partial charge on any atom is 0.338 e. The first kappa shape index (κ1) is 19.0. The third-order valence-electron chi connectivity index (χ3n) is 4.14. The topological polar surface area (TPSA) is 129 Å². The van der Waals surface area contributed by atoms with Crippen LogP contribution in [0.25, 0.3) is 11.0 Å². The van der Waals surface area contributed by atoms with Crippen LogP contribution in [0.4, 0.5) is 5.69 Å². The molecule has 0 aliphatic rings. The zero-order valence-corrected chi connectivity index (χ0v) is 15.4. The number of aromatic nitrogens is 3. The number of fused-ring (bicyclic) bond motifs is 1. The molecular formula is C19H19N5O4. The van der Waals surface area contributed by atoms with Gasteiger partial charge < -0.3 is 15.8 Å². The van der Waals surface area contributed by atoms with Crippen molar-refractivity contribution < 1.29 is 19.1 Å². The monoisotopic (exact) mass is 381 g/mol. The summed E-state index contributed by atoms with van der Waals surface area (Å²) in [6, 6.07) is 11.0. The van der Waals surface area contributed by atoms with Gasteiger partial charge in [-0.3, -0.25) is 9.59 Å². The molecule has 1 unspecified atom stereocenters. The molecule has 28 heavy (non-hydrogen) atoms. The van der Waals surface area contributed by atoms with Crippen LogP contribution >= 0.6 is 0 Å². The van der Waals surface area contributed by atoms with Crippen LogP contribution < -0.4 is 11.1 Å². The fourth-order valence-electron chi connectivity index (χ4n) is 2.58. The number of nitrogens with one attached hydrogen (secondary N) is 1. The zero-order chi connectivity index (χ0) is 20.3. The molecule has 144 valence electrons. The van der Waals surface area contributed by atoms with Crippen LogP contribution in [0.15, 0.2) is 42.5 Å². The molecule has 3 rings (SSSR count). The van der Waals surface area contributed by atoms with E-state index < -0.39 is 23.9 Å². The lowest BCUT2D eigenvalue weighted by Crippen LogP contribution is -2.30. The van der Waals surface area contributed by atoms with Crippen LogP contribution in [-0.4, -0.2) is 38.9 Å². The molecule has 1 atom stereocenters. The Bertz CT molecular complexity index is 1040. The highest BCUT2D eigenvalue weighted by Crippen LogP contribution is 2.15. The van der Waals surface area contributed by atoms with Gasteiger partial charge >= 0.3 is 5.97 Å². The van der Waals surface area contributed by atoms with E-state index in [-0.39, 0.29) is 5.56 Å². The molecule has 0 saturated carbocycles. The van der Waals surface area contributed by atoms with Gasteiger partial charge in [0, 0.05) is 17.8 Å². The lowest BCUT2D eigenvalue weighted by atomic mass is 10.2. The Morgan fingerprint density at radius 2 is 1.82 bits per heavy atom. The maximum atomic E-state index is 12.3. The van der Waals surface area contributed by atoms with Gasteiger partial charge in [-0.1, -0.05) is 5.21 Å². The molecule has 2 aromatic carbocycles. The Kier molecular flexibility index (Phi) is 5.35. The molecule has 0 saturated heterocycles. The summed E-state index contributed by atoms with van der Waals surface area (Å²) in [5.74, 6) is -1.70. The summed E-state index contributed by atoms with van der Waals surface area (Å²) in [6.07, 6.45) is -1.02. The van der Waals surface area contributed by atoms with Gasteiger partial charge in [0.1, 0.15) is 5.52 Å². The first-order valence-corrected chi connectivity index (χ1v) is 8.64. The molecule has 1 heterocycles. The summed E-state index contributed by atoms with van der Waals surface area (Å²) in [5.41, 5.74) is 7.62. The Morgan fingerprint density at radius 1 is 1.14 bits per heavy atom. The normalized spacial score (nSPS) is 11.8. The quantitative estimate of drug-likeness (QED) is 0.626. The number of nitrogens with two attached hydrogens (primary N) is 1. The number of esters is 1. The Labute approximate surface area is 160 Å². The van der Waals surface area contributed by atoms with E-state index in [0.717, 1.165) is 5.52 Å². The van der Waals surface area contributed by atoms with Gasteiger partial charge in [0.2, 0.25) is 5.91 Å². The van der Waals surface area contributed by atoms with Crippen LogP contribution in [0.2, 0.25) is 0 Å². The minimum atomic E-state index is -1.02. The van der Waals surface area contributed by atoms with Gasteiger partial charge in [0.25, 0.3) is 5.91 Å². The van der Waals surface area contributed by atoms with Crippen molar-refractivity contribution in [3.05, 3.63) is 53.6 Å². The predicted octanol–water partition coefficient (Wildman–Crippen LogP) is 1.73. The smallest absolute Gasteiger partial charge is 0.338 e. The number of hydrogen-bond donors (Lipinski definition) is 2. The summed E-state index contributed by atoms with van der Waals surface area (Å²) in [7, 11) is 0. The van der Waals surface area contributed by atoms with E-state index >= 15 is 0 Å². The molecule has 9 nitrogen and oxygen atoms in total. The van der Waals surface area contributed by atoms with Crippen molar-refractivity contribution in [1.29, 1.82) is 0 Å². The second-order valence-corrected chi connectivity index (χ2v) is 6.09. The average Bonchev–Trinajstić information content (AvgIpc) is 3.10. The number of primary amides is 1. The fraction of sp³-hybridized carbons (Fsp3) is 0.211. The third-order valence-corrected chi connectivity index (χ3v) is 4.14. The van der Waals surface area contributed by atoms with Gasteiger partial charge in [0.05, 0.1) is 11.1 Å². The van der Waals surface area contributed by atoms with Crippen LogP contribution in [0.3, 0.4) is 0 Å².